The van der Waals surface area contributed by atoms with Gasteiger partial charge in [-0.05, 0) is 158 Å². The molecule has 118 heavy (non-hydrogen) atoms. The fraction of sp³-hybridized carbons (Fsp3) is 0.865. The Morgan fingerprint density at radius 3 is 1.65 bits per heavy atom. The van der Waals surface area contributed by atoms with Gasteiger partial charge in [0.1, 0.15) is 42.5 Å². The van der Waals surface area contributed by atoms with Crippen molar-refractivity contribution in [3.05, 3.63) is 58.7 Å². The molecule has 0 saturated carbocycles. The second-order valence-corrected chi connectivity index (χ2v) is 64.6. The number of hydrogen-bond acceptors (Lipinski definition) is 23. The van der Waals surface area contributed by atoms with Gasteiger partial charge in [-0.15, -0.1) is 11.6 Å². The number of halogens is 1. The topological polar surface area (TPSA) is 250 Å². The highest BCUT2D eigenvalue weighted by molar-refractivity contribution is 6.75. The average molecular weight is 1780 g/mol. The van der Waals surface area contributed by atoms with E-state index < -0.39 is 187 Å². The molecule has 23 nitrogen and oxygen atoms in total. The number of carbonyl (C=O) groups is 2. The first-order chi connectivity index (χ1) is 54.3. The highest BCUT2D eigenvalue weighted by Gasteiger charge is 2.61. The molecular formula is C89H165ClO23Si5. The summed E-state index contributed by atoms with van der Waals surface area (Å²) in [6.45, 7) is 69.8. The number of methoxy groups -OCH3 is 4. The lowest BCUT2D eigenvalue weighted by molar-refractivity contribution is -0.372. The summed E-state index contributed by atoms with van der Waals surface area (Å²) in [7, 11) is -5.73. The normalized spacial score (nSPS) is 35.9. The molecule has 0 unspecified atom stereocenters. The maximum absolute atomic E-state index is 15.3. The predicted molar refractivity (Wildman–Crippen MR) is 479 cm³/mol. The van der Waals surface area contributed by atoms with Gasteiger partial charge in [0, 0.05) is 77.4 Å². The fourth-order valence-corrected chi connectivity index (χ4v) is 22.9. The number of carbonyl (C=O) groups excluding carboxylic acids is 2. The summed E-state index contributed by atoms with van der Waals surface area (Å²) in [5.74, 6) is -7.07. The van der Waals surface area contributed by atoms with Gasteiger partial charge in [0.25, 0.3) is 0 Å². The number of aliphatic hydroxyl groups is 2. The lowest BCUT2D eigenvalue weighted by Gasteiger charge is -2.52. The molecule has 5 aliphatic rings. The molecule has 5 rings (SSSR count). The van der Waals surface area contributed by atoms with Crippen LogP contribution in [0.3, 0.4) is 0 Å². The third-order valence-corrected chi connectivity index (χ3v) is 50.0. The van der Waals surface area contributed by atoms with Crippen molar-refractivity contribution in [2.45, 2.75) is 437 Å². The summed E-state index contributed by atoms with van der Waals surface area (Å²) in [6.07, 6.45) is -2.60. The molecule has 0 spiro atoms. The summed E-state index contributed by atoms with van der Waals surface area (Å²) in [6, 6.07) is 2.50. The number of cyclic esters (lactones) is 1. The molecular weight excluding hydrogens is 1610 g/mol. The van der Waals surface area contributed by atoms with Crippen LogP contribution in [0.4, 0.5) is 0 Å². The van der Waals surface area contributed by atoms with Crippen molar-refractivity contribution in [1.29, 1.82) is 0 Å². The van der Waals surface area contributed by atoms with Crippen LogP contribution in [-0.2, 0) is 98.3 Å². The average Bonchev–Trinajstić information content (AvgIpc) is 0.750. The van der Waals surface area contributed by atoms with Crippen molar-refractivity contribution in [2.24, 2.45) is 17.8 Å². The second-order valence-electron chi connectivity index (χ2n) is 40.7. The molecule has 4 fully saturated rings. The number of allylic oxidation sites excluding steroid dienone is 7. The van der Waals surface area contributed by atoms with Crippen molar-refractivity contribution < 1.29 is 109 Å². The fourth-order valence-electron chi connectivity index (χ4n) is 15.4. The summed E-state index contributed by atoms with van der Waals surface area (Å²) in [5, 5.41) is 25.9. The van der Waals surface area contributed by atoms with Crippen LogP contribution in [0, 0.1) is 17.8 Å². The zero-order valence-corrected chi connectivity index (χ0v) is 85.7. The lowest BCUT2D eigenvalue weighted by Crippen LogP contribution is -2.67. The van der Waals surface area contributed by atoms with Gasteiger partial charge in [-0.25, -0.2) is 9.68 Å². The number of alkyl halides is 1. The molecule has 0 aromatic carbocycles. The van der Waals surface area contributed by atoms with E-state index >= 15 is 4.79 Å². The third kappa shape index (κ3) is 28.1. The third-order valence-electron chi connectivity index (χ3n) is 27.5. The number of aliphatic hydroxyl groups excluding tert-OH is 1. The number of rotatable bonds is 31. The van der Waals surface area contributed by atoms with Gasteiger partial charge >= 0.3 is 11.9 Å². The van der Waals surface area contributed by atoms with Gasteiger partial charge < -0.3 is 89.5 Å². The Labute approximate surface area is 723 Å². The standard InChI is InChI=1S/C89H165ClO23Si5/c1-38-118(39-2,40-3)113-108-71-52-74(99-62(11)77(71)106-75-51-70(97-28)78(63(12)100-75)110-115(32,33)86(17,18)19)102-65(54-95-26)49-68-60(9)76(92)61(10)89(94,107-68)82(105-73(91)53-90)72-50-69(96-27)67(109-114(30,31)85(14,15)16)43-41-42-55(4)44-45-66(58(7)47-56(5)46-57(6)48-59(8)83(93)103-72)104-84-81(112-117(36,37)88(23,24)25)80(79(98-29)64(13)101-84)111-116(34,35)87(20,21)22/h42,44-48,58,60-72,74-82,84,92,94H,38-41,43,49-54H2,1-37H3/b45-44+,55-42+,56-47+,57-46+,59-48+/t58-,60+,61-,62+,63-,64+,65-,66-,67-,68-,69+,70-,71+,72+,74+,75+,76+,77+,78-,79+,80-,81+,82-,84+,89-/m1/s1. The molecule has 0 aliphatic carbocycles. The Morgan fingerprint density at radius 1 is 0.610 bits per heavy atom. The van der Waals surface area contributed by atoms with E-state index in [1.807, 2.05) is 47.6 Å². The highest BCUT2D eigenvalue weighted by atomic mass is 35.5. The predicted octanol–water partition coefficient (Wildman–Crippen LogP) is 19.1. The molecule has 4 saturated heterocycles. The van der Waals surface area contributed by atoms with Crippen LogP contribution >= 0.6 is 11.6 Å². The highest BCUT2D eigenvalue weighted by Crippen LogP contribution is 2.49. The molecule has 5 heterocycles. The van der Waals surface area contributed by atoms with E-state index in [2.05, 4.69) is 194 Å². The minimum absolute atomic E-state index is 0.0165. The Hall–Kier alpha value is -1.75. The maximum atomic E-state index is 15.3. The quantitative estimate of drug-likeness (QED) is 0.0215. The van der Waals surface area contributed by atoms with Crippen LogP contribution in [0.15, 0.2) is 58.7 Å². The van der Waals surface area contributed by atoms with Crippen LogP contribution in [0.25, 0.3) is 0 Å². The SMILES string of the molecule is CC[Si](CC)(CC)OO[C@H]1C[C@H](O[C@@H](COC)C[C@H]2O[C@@](O)([C@H](OC(=O)CCl)[C@@H]3C[C@H](OC)[C@H](O[Si](C)(C)C(C)(C)C)CC/C=C(C)/C=C/[C@@H](O[C@@H]4O[C@@H](C)[C@H](OC)[C@@H](O[Si](C)(C)C(C)(C)C)[C@@H]4O[Si](C)(C)C(C)(C)C)[C@H](C)/C=C(C)/C=C(C)/C=C(\C)C(=O)O3)[C@H](C)[C@@H](O)[C@H]2C)O[C@@H](C)[C@@H]1O[C@H]1C[C@@H](OC)[C@H](O[Si](C)(C)C(C)(C)C)[C@@H](C)O1. The van der Waals surface area contributed by atoms with Crippen LogP contribution in [-0.4, -0.2) is 239 Å². The van der Waals surface area contributed by atoms with Gasteiger partial charge in [-0.2, -0.15) is 0 Å². The van der Waals surface area contributed by atoms with E-state index in [0.717, 1.165) is 29.3 Å². The number of ether oxygens (including phenoxy) is 13. The Balaban J connectivity index is 1.61. The van der Waals surface area contributed by atoms with Gasteiger partial charge in [-0.1, -0.05) is 172 Å². The Kier molecular flexibility index (Phi) is 40.1. The monoisotopic (exact) mass is 1780 g/mol. The van der Waals surface area contributed by atoms with E-state index in [0.29, 0.717) is 24.8 Å². The molecule has 0 bridgehead atoms. The molecule has 5 aliphatic heterocycles. The number of hydrogen-bond donors (Lipinski definition) is 2. The lowest BCUT2D eigenvalue weighted by atomic mass is 9.76. The van der Waals surface area contributed by atoms with Crippen LogP contribution < -0.4 is 0 Å². The summed E-state index contributed by atoms with van der Waals surface area (Å²) < 4.78 is 123. The Morgan fingerprint density at radius 2 is 1.13 bits per heavy atom. The molecule has 2 N–H and O–H groups in total. The minimum Gasteiger partial charge on any atom is -0.455 e. The van der Waals surface area contributed by atoms with Crippen molar-refractivity contribution in [3.8, 4) is 0 Å². The van der Waals surface area contributed by atoms with E-state index in [1.54, 1.807) is 48.4 Å². The van der Waals surface area contributed by atoms with Crippen molar-refractivity contribution in [2.75, 3.05) is 40.9 Å². The molecule has 25 atom stereocenters. The van der Waals surface area contributed by atoms with Gasteiger partial charge in [0.05, 0.1) is 73.8 Å². The first-order valence-electron chi connectivity index (χ1n) is 43.8. The van der Waals surface area contributed by atoms with Crippen LogP contribution in [0.2, 0.25) is 90.7 Å². The van der Waals surface area contributed by atoms with E-state index in [4.69, 9.17) is 100 Å². The molecule has 0 aromatic heterocycles. The van der Waals surface area contributed by atoms with E-state index in [1.165, 1.54) is 0 Å². The summed E-state index contributed by atoms with van der Waals surface area (Å²) in [5.41, 5.74) is 2.75. The summed E-state index contributed by atoms with van der Waals surface area (Å²) >= 11 is 6.39. The smallest absolute Gasteiger partial charge is 0.334 e. The molecule has 0 aromatic rings. The zero-order valence-electron chi connectivity index (χ0n) is 79.9. The van der Waals surface area contributed by atoms with Crippen LogP contribution in [0.1, 0.15) is 212 Å². The summed E-state index contributed by atoms with van der Waals surface area (Å²) in [4.78, 5) is 36.1. The first-order valence-corrected chi connectivity index (χ1v) is 58.5. The molecule has 29 heteroatoms. The van der Waals surface area contributed by atoms with Gasteiger partial charge in [0.15, 0.2) is 58.2 Å². The van der Waals surface area contributed by atoms with Crippen molar-refractivity contribution in [1.82, 2.24) is 0 Å². The molecule has 0 radical (unpaired) electrons. The van der Waals surface area contributed by atoms with Gasteiger partial charge in [-0.3, -0.25) is 9.37 Å². The van der Waals surface area contributed by atoms with Gasteiger partial charge in [0.2, 0.25) is 14.1 Å². The molecule has 0 amide bonds. The largest absolute Gasteiger partial charge is 0.455 e. The van der Waals surface area contributed by atoms with Crippen molar-refractivity contribution >= 4 is 65.1 Å². The maximum Gasteiger partial charge on any atom is 0.334 e. The second kappa shape index (κ2) is 44.3. The minimum atomic E-state index is -2.69. The zero-order chi connectivity index (χ0) is 89.8. The molecule has 686 valence electrons. The van der Waals surface area contributed by atoms with E-state index in [-0.39, 0.29) is 75.8 Å². The van der Waals surface area contributed by atoms with E-state index in [9.17, 15) is 15.0 Å². The number of esters is 2. The van der Waals surface area contributed by atoms with Crippen LogP contribution in [0.5, 0.6) is 0 Å². The van der Waals surface area contributed by atoms with Crippen molar-refractivity contribution in [3.63, 3.8) is 0 Å². The Bertz CT molecular complexity index is 3270. The first kappa shape index (κ1) is 107.